The summed E-state index contributed by atoms with van der Waals surface area (Å²) < 4.78 is 19.2. The number of ether oxygens (including phenoxy) is 1. The number of aliphatic hydroxyl groups is 1. The molecule has 4 nitrogen and oxygen atoms in total. The summed E-state index contributed by atoms with van der Waals surface area (Å²) in [6, 6.07) is 6.66. The van der Waals surface area contributed by atoms with Gasteiger partial charge in [0.05, 0.1) is 25.4 Å². The van der Waals surface area contributed by atoms with Crippen molar-refractivity contribution >= 4 is 5.91 Å². The lowest BCUT2D eigenvalue weighted by molar-refractivity contribution is -0.147. The highest BCUT2D eigenvalue weighted by Gasteiger charge is 2.48. The van der Waals surface area contributed by atoms with Gasteiger partial charge in [0.2, 0.25) is 5.91 Å². The zero-order valence-corrected chi connectivity index (χ0v) is 12.0. The van der Waals surface area contributed by atoms with Crippen LogP contribution in [0.25, 0.3) is 0 Å². The molecule has 1 heterocycles. The van der Waals surface area contributed by atoms with Gasteiger partial charge in [-0.25, -0.2) is 4.39 Å². The summed E-state index contributed by atoms with van der Waals surface area (Å²) in [7, 11) is 0. The maximum atomic E-state index is 13.8. The van der Waals surface area contributed by atoms with Crippen LogP contribution in [-0.2, 0) is 9.53 Å². The smallest absolute Gasteiger partial charge is 0.226 e. The highest BCUT2D eigenvalue weighted by molar-refractivity contribution is 5.83. The molecule has 4 atom stereocenters. The zero-order valence-electron chi connectivity index (χ0n) is 12.0. The molecule has 0 aromatic heterocycles. The quantitative estimate of drug-likeness (QED) is 0.919. The molecule has 0 bridgehead atoms. The molecule has 1 aliphatic heterocycles. The second-order valence-electron chi connectivity index (χ2n) is 5.95. The molecule has 2 aliphatic rings. The van der Waals surface area contributed by atoms with E-state index in [2.05, 4.69) is 0 Å². The minimum Gasteiger partial charge on any atom is -0.394 e. The monoisotopic (exact) mass is 293 g/mol. The number of carbonyl (C=O) groups excluding carboxylic acids is 1. The third kappa shape index (κ3) is 2.80. The first-order valence-corrected chi connectivity index (χ1v) is 7.39. The van der Waals surface area contributed by atoms with Gasteiger partial charge in [-0.2, -0.15) is 0 Å². The van der Waals surface area contributed by atoms with Gasteiger partial charge in [-0.3, -0.25) is 4.79 Å². The van der Waals surface area contributed by atoms with E-state index >= 15 is 0 Å². The summed E-state index contributed by atoms with van der Waals surface area (Å²) in [5.74, 6) is -0.332. The van der Waals surface area contributed by atoms with E-state index in [1.807, 2.05) is 6.92 Å². The molecule has 1 saturated carbocycles. The highest BCUT2D eigenvalue weighted by Crippen LogP contribution is 2.49. The number of rotatable bonds is 3. The van der Waals surface area contributed by atoms with Gasteiger partial charge in [-0.05, 0) is 30.9 Å². The Morgan fingerprint density at radius 3 is 2.95 bits per heavy atom. The summed E-state index contributed by atoms with van der Waals surface area (Å²) in [6.45, 7) is 2.70. The first kappa shape index (κ1) is 14.5. The van der Waals surface area contributed by atoms with Crippen molar-refractivity contribution < 1.29 is 19.0 Å². The fourth-order valence-corrected chi connectivity index (χ4v) is 3.04. The van der Waals surface area contributed by atoms with Crippen LogP contribution in [-0.4, -0.2) is 47.8 Å². The molecule has 1 N–H and O–H groups in total. The van der Waals surface area contributed by atoms with Crippen LogP contribution < -0.4 is 0 Å². The van der Waals surface area contributed by atoms with Gasteiger partial charge >= 0.3 is 0 Å². The fraction of sp³-hybridized carbons (Fsp3) is 0.562. The Bertz CT molecular complexity index is 536. The largest absolute Gasteiger partial charge is 0.394 e. The molecule has 114 valence electrons. The molecule has 1 aliphatic carbocycles. The van der Waals surface area contributed by atoms with Crippen LogP contribution in [0.2, 0.25) is 0 Å². The van der Waals surface area contributed by atoms with E-state index in [9.17, 15) is 14.3 Å². The molecule has 5 heteroatoms. The molecule has 1 aromatic rings. The summed E-state index contributed by atoms with van der Waals surface area (Å²) in [4.78, 5) is 14.4. The van der Waals surface area contributed by atoms with E-state index in [1.165, 1.54) is 6.07 Å². The highest BCUT2D eigenvalue weighted by atomic mass is 19.1. The number of hydrogen-bond acceptors (Lipinski definition) is 3. The second-order valence-corrected chi connectivity index (χ2v) is 5.95. The molecule has 21 heavy (non-hydrogen) atoms. The Labute approximate surface area is 123 Å². The fourth-order valence-electron chi connectivity index (χ4n) is 3.04. The van der Waals surface area contributed by atoms with Crippen LogP contribution in [0, 0.1) is 11.7 Å². The predicted octanol–water partition coefficient (Wildman–Crippen LogP) is 1.54. The third-order valence-corrected chi connectivity index (χ3v) is 4.40. The first-order valence-electron chi connectivity index (χ1n) is 7.39. The molecule has 2 fully saturated rings. The molecule has 0 radical (unpaired) electrons. The molecule has 3 rings (SSSR count). The lowest BCUT2D eigenvalue weighted by Gasteiger charge is -2.37. The molecule has 1 aromatic carbocycles. The minimum atomic E-state index is -0.309. The maximum absolute atomic E-state index is 13.8. The van der Waals surface area contributed by atoms with Crippen molar-refractivity contribution in [1.29, 1.82) is 0 Å². The lowest BCUT2D eigenvalue weighted by Crippen LogP contribution is -2.52. The summed E-state index contributed by atoms with van der Waals surface area (Å²) in [6.07, 6.45) is 0.393. The van der Waals surface area contributed by atoms with Crippen LogP contribution in [0.4, 0.5) is 4.39 Å². The first-order chi connectivity index (χ1) is 10.1. The molecular formula is C16H20FNO3. The van der Waals surface area contributed by atoms with Crippen molar-refractivity contribution in [2.45, 2.75) is 31.4 Å². The Morgan fingerprint density at radius 1 is 1.48 bits per heavy atom. The average Bonchev–Trinajstić information content (AvgIpc) is 3.28. The normalized spacial score (nSPS) is 32.0. The van der Waals surface area contributed by atoms with Crippen LogP contribution in [0.3, 0.4) is 0 Å². The number of carbonyl (C=O) groups is 1. The van der Waals surface area contributed by atoms with Gasteiger partial charge in [-0.15, -0.1) is 0 Å². The maximum Gasteiger partial charge on any atom is 0.226 e. The Balaban J connectivity index is 1.68. The van der Waals surface area contributed by atoms with Crippen molar-refractivity contribution in [3.05, 3.63) is 35.6 Å². The zero-order chi connectivity index (χ0) is 15.0. The van der Waals surface area contributed by atoms with Gasteiger partial charge < -0.3 is 14.7 Å². The van der Waals surface area contributed by atoms with Crippen LogP contribution in [0.5, 0.6) is 0 Å². The van der Waals surface area contributed by atoms with Gasteiger partial charge in [0.15, 0.2) is 0 Å². The number of hydrogen-bond donors (Lipinski definition) is 1. The summed E-state index contributed by atoms with van der Waals surface area (Å²) >= 11 is 0. The molecule has 4 unspecified atom stereocenters. The molecular weight excluding hydrogens is 273 g/mol. The lowest BCUT2D eigenvalue weighted by atomic mass is 10.1. The van der Waals surface area contributed by atoms with E-state index in [-0.39, 0.29) is 42.3 Å². The predicted molar refractivity (Wildman–Crippen MR) is 75.2 cm³/mol. The van der Waals surface area contributed by atoms with Crippen LogP contribution in [0.1, 0.15) is 24.8 Å². The Kier molecular flexibility index (Phi) is 3.95. The molecule has 0 spiro atoms. The molecule has 1 amide bonds. The standard InChI is InChI=1S/C16H20FNO3/c1-10-9-21-11(8-19)7-18(10)16(20)14-6-13(14)12-4-2-3-5-15(12)17/h2-5,10-11,13-14,19H,6-9H2,1H3. The van der Waals surface area contributed by atoms with Gasteiger partial charge in [0.25, 0.3) is 0 Å². The van der Waals surface area contributed by atoms with E-state index < -0.39 is 0 Å². The van der Waals surface area contributed by atoms with Crippen molar-refractivity contribution in [3.63, 3.8) is 0 Å². The van der Waals surface area contributed by atoms with Gasteiger partial charge in [-0.1, -0.05) is 18.2 Å². The number of morpholine rings is 1. The van der Waals surface area contributed by atoms with Crippen LogP contribution >= 0.6 is 0 Å². The Hall–Kier alpha value is -1.46. The number of benzene rings is 1. The van der Waals surface area contributed by atoms with Crippen molar-refractivity contribution in [3.8, 4) is 0 Å². The van der Waals surface area contributed by atoms with Gasteiger partial charge in [0.1, 0.15) is 5.82 Å². The van der Waals surface area contributed by atoms with Crippen molar-refractivity contribution in [1.82, 2.24) is 4.90 Å². The summed E-state index contributed by atoms with van der Waals surface area (Å²) in [5, 5.41) is 9.18. The SMILES string of the molecule is CC1COC(CO)CN1C(=O)C1CC1c1ccccc1F. The topological polar surface area (TPSA) is 49.8 Å². The number of amides is 1. The van der Waals surface area contributed by atoms with E-state index in [4.69, 9.17) is 4.74 Å². The van der Waals surface area contributed by atoms with E-state index in [0.29, 0.717) is 25.1 Å². The summed E-state index contributed by atoms with van der Waals surface area (Å²) in [5.41, 5.74) is 0.635. The average molecular weight is 293 g/mol. The van der Waals surface area contributed by atoms with E-state index in [0.717, 1.165) is 0 Å². The number of nitrogens with zero attached hydrogens (tertiary/aromatic N) is 1. The third-order valence-electron chi connectivity index (χ3n) is 4.40. The van der Waals surface area contributed by atoms with Crippen LogP contribution in [0.15, 0.2) is 24.3 Å². The van der Waals surface area contributed by atoms with Crippen molar-refractivity contribution in [2.24, 2.45) is 5.92 Å². The van der Waals surface area contributed by atoms with Gasteiger partial charge in [0, 0.05) is 12.5 Å². The number of aliphatic hydroxyl groups excluding tert-OH is 1. The van der Waals surface area contributed by atoms with E-state index in [1.54, 1.807) is 23.1 Å². The van der Waals surface area contributed by atoms with Crippen molar-refractivity contribution in [2.75, 3.05) is 19.8 Å². The number of halogens is 1. The Morgan fingerprint density at radius 2 is 2.24 bits per heavy atom. The molecule has 1 saturated heterocycles. The minimum absolute atomic E-state index is 0.00201. The second kappa shape index (κ2) is 5.73.